The molecule has 6 nitrogen and oxygen atoms in total. The van der Waals surface area contributed by atoms with Gasteiger partial charge in [-0.15, -0.1) is 0 Å². The number of ether oxygens (including phenoxy) is 1. The number of carbonyl (C=O) groups excluding carboxylic acids is 2. The van der Waals surface area contributed by atoms with Crippen molar-refractivity contribution in [2.45, 2.75) is 13.3 Å². The van der Waals surface area contributed by atoms with Gasteiger partial charge in [-0.25, -0.2) is 0 Å². The minimum Gasteiger partial charge on any atom is -0.466 e. The molecule has 0 bridgehead atoms. The van der Waals surface area contributed by atoms with Crippen LogP contribution in [0.5, 0.6) is 0 Å². The van der Waals surface area contributed by atoms with E-state index in [4.69, 9.17) is 10.00 Å². The number of anilines is 1. The number of rotatable bonds is 7. The van der Waals surface area contributed by atoms with Gasteiger partial charge >= 0.3 is 5.97 Å². The highest BCUT2D eigenvalue weighted by Crippen LogP contribution is 2.09. The summed E-state index contributed by atoms with van der Waals surface area (Å²) in [6, 6.07) is 8.71. The van der Waals surface area contributed by atoms with E-state index in [1.807, 2.05) is 6.07 Å². The van der Waals surface area contributed by atoms with Gasteiger partial charge in [-0.3, -0.25) is 14.5 Å². The number of carbonyl (C=O) groups is 2. The van der Waals surface area contributed by atoms with Crippen molar-refractivity contribution >= 4 is 17.6 Å². The predicted molar refractivity (Wildman–Crippen MR) is 78.5 cm³/mol. The number of amides is 1. The number of hydrogen-bond acceptors (Lipinski definition) is 5. The van der Waals surface area contributed by atoms with Crippen LogP contribution in [0, 0.1) is 11.3 Å². The summed E-state index contributed by atoms with van der Waals surface area (Å²) in [5.41, 5.74) is 1.07. The lowest BCUT2D eigenvalue weighted by molar-refractivity contribution is -0.143. The zero-order valence-corrected chi connectivity index (χ0v) is 12.3. The summed E-state index contributed by atoms with van der Waals surface area (Å²) < 4.78 is 4.82. The predicted octanol–water partition coefficient (Wildman–Crippen LogP) is 1.38. The maximum absolute atomic E-state index is 11.8. The number of nitriles is 1. The van der Waals surface area contributed by atoms with E-state index in [1.165, 1.54) is 0 Å². The second-order valence-corrected chi connectivity index (χ2v) is 4.53. The van der Waals surface area contributed by atoms with E-state index in [2.05, 4.69) is 5.32 Å². The number of likely N-dealkylation sites (N-methyl/N-ethyl adjacent to an activating group) is 1. The molecule has 0 spiro atoms. The topological polar surface area (TPSA) is 82.4 Å². The lowest BCUT2D eigenvalue weighted by atomic mass is 10.2. The Morgan fingerprint density at radius 3 is 2.86 bits per heavy atom. The first-order valence-electron chi connectivity index (χ1n) is 6.69. The molecule has 0 heterocycles. The molecule has 112 valence electrons. The van der Waals surface area contributed by atoms with Crippen molar-refractivity contribution in [2.24, 2.45) is 0 Å². The fraction of sp³-hybridized carbons (Fsp3) is 0.400. The fourth-order valence-corrected chi connectivity index (χ4v) is 1.71. The lowest BCUT2D eigenvalue weighted by Crippen LogP contribution is -2.32. The summed E-state index contributed by atoms with van der Waals surface area (Å²) in [6.45, 7) is 2.73. The molecule has 0 saturated heterocycles. The summed E-state index contributed by atoms with van der Waals surface area (Å²) in [7, 11) is 1.75. The first-order chi connectivity index (χ1) is 10.0. The van der Waals surface area contributed by atoms with Crippen molar-refractivity contribution in [1.82, 2.24) is 4.90 Å². The molecule has 21 heavy (non-hydrogen) atoms. The molecule has 0 radical (unpaired) electrons. The van der Waals surface area contributed by atoms with Gasteiger partial charge in [-0.05, 0) is 32.2 Å². The van der Waals surface area contributed by atoms with E-state index >= 15 is 0 Å². The minimum atomic E-state index is -0.272. The van der Waals surface area contributed by atoms with Crippen molar-refractivity contribution in [3.05, 3.63) is 29.8 Å². The van der Waals surface area contributed by atoms with Crippen molar-refractivity contribution in [3.63, 3.8) is 0 Å². The molecule has 1 aromatic carbocycles. The van der Waals surface area contributed by atoms with Gasteiger partial charge in [-0.1, -0.05) is 6.07 Å². The third kappa shape index (κ3) is 6.54. The molecule has 1 N–H and O–H groups in total. The Morgan fingerprint density at radius 1 is 1.43 bits per heavy atom. The summed E-state index contributed by atoms with van der Waals surface area (Å²) in [5, 5.41) is 11.5. The fourth-order valence-electron chi connectivity index (χ4n) is 1.71. The minimum absolute atomic E-state index is 0.163. The Morgan fingerprint density at radius 2 is 2.19 bits per heavy atom. The first kappa shape index (κ1) is 16.7. The Hall–Kier alpha value is -2.39. The molecule has 0 atom stereocenters. The van der Waals surface area contributed by atoms with Gasteiger partial charge in [0.2, 0.25) is 5.91 Å². The van der Waals surface area contributed by atoms with Crippen LogP contribution in [-0.2, 0) is 14.3 Å². The van der Waals surface area contributed by atoms with Crippen LogP contribution in [0.4, 0.5) is 5.69 Å². The van der Waals surface area contributed by atoms with Gasteiger partial charge in [0.05, 0.1) is 31.2 Å². The number of benzene rings is 1. The summed E-state index contributed by atoms with van der Waals surface area (Å²) in [4.78, 5) is 24.8. The van der Waals surface area contributed by atoms with Gasteiger partial charge in [0, 0.05) is 12.2 Å². The molecule has 1 aromatic rings. The van der Waals surface area contributed by atoms with Crippen LogP contribution in [0.15, 0.2) is 24.3 Å². The van der Waals surface area contributed by atoms with Crippen LogP contribution in [0.1, 0.15) is 18.9 Å². The van der Waals surface area contributed by atoms with Gasteiger partial charge in [0.1, 0.15) is 0 Å². The molecule has 0 aliphatic rings. The van der Waals surface area contributed by atoms with Gasteiger partial charge in [0.25, 0.3) is 0 Å². The third-order valence-corrected chi connectivity index (χ3v) is 2.69. The zero-order valence-electron chi connectivity index (χ0n) is 12.3. The van der Waals surface area contributed by atoms with E-state index in [9.17, 15) is 9.59 Å². The largest absolute Gasteiger partial charge is 0.466 e. The standard InChI is InChI=1S/C15H19N3O3/c1-3-21-15(20)7-8-18(2)11-14(19)17-13-6-4-5-12(9-13)10-16/h4-6,9H,3,7-8,11H2,1-2H3,(H,17,19). The van der Waals surface area contributed by atoms with Crippen LogP contribution in [0.25, 0.3) is 0 Å². The Balaban J connectivity index is 2.39. The van der Waals surface area contributed by atoms with E-state index < -0.39 is 0 Å². The number of nitrogens with one attached hydrogen (secondary N) is 1. The smallest absolute Gasteiger partial charge is 0.307 e. The van der Waals surface area contributed by atoms with Crippen LogP contribution >= 0.6 is 0 Å². The molecule has 6 heteroatoms. The van der Waals surface area contributed by atoms with E-state index in [1.54, 1.807) is 43.1 Å². The number of esters is 1. The SMILES string of the molecule is CCOC(=O)CCN(C)CC(=O)Nc1cccc(C#N)c1. The molecule has 1 amide bonds. The monoisotopic (exact) mass is 289 g/mol. The zero-order chi connectivity index (χ0) is 15.7. The van der Waals surface area contributed by atoms with Crippen LogP contribution in [-0.4, -0.2) is 43.5 Å². The molecule has 0 fully saturated rings. The van der Waals surface area contributed by atoms with Crippen molar-refractivity contribution in [3.8, 4) is 6.07 Å². The molecule has 0 aromatic heterocycles. The quantitative estimate of drug-likeness (QED) is 0.767. The first-order valence-corrected chi connectivity index (χ1v) is 6.69. The molecule has 0 unspecified atom stereocenters. The summed E-state index contributed by atoms with van der Waals surface area (Å²) in [5.74, 6) is -0.470. The van der Waals surface area contributed by atoms with Gasteiger partial charge < -0.3 is 10.1 Å². The highest BCUT2D eigenvalue weighted by atomic mass is 16.5. The van der Waals surface area contributed by atoms with Gasteiger partial charge in [0.15, 0.2) is 0 Å². The second-order valence-electron chi connectivity index (χ2n) is 4.53. The molecule has 1 rings (SSSR count). The van der Waals surface area contributed by atoms with Gasteiger partial charge in [-0.2, -0.15) is 5.26 Å². The van der Waals surface area contributed by atoms with Crippen molar-refractivity contribution in [2.75, 3.05) is 32.1 Å². The van der Waals surface area contributed by atoms with E-state index in [0.29, 0.717) is 24.4 Å². The van der Waals surface area contributed by atoms with Crippen molar-refractivity contribution < 1.29 is 14.3 Å². The second kappa shape index (κ2) is 8.72. The average Bonchev–Trinajstić information content (AvgIpc) is 2.45. The Labute approximate surface area is 124 Å². The average molecular weight is 289 g/mol. The van der Waals surface area contributed by atoms with Crippen molar-refractivity contribution in [1.29, 1.82) is 5.26 Å². The molecular weight excluding hydrogens is 270 g/mol. The third-order valence-electron chi connectivity index (χ3n) is 2.69. The number of hydrogen-bond donors (Lipinski definition) is 1. The number of nitrogens with zero attached hydrogens (tertiary/aromatic N) is 2. The van der Waals surface area contributed by atoms with E-state index in [0.717, 1.165) is 0 Å². The highest BCUT2D eigenvalue weighted by molar-refractivity contribution is 5.92. The highest BCUT2D eigenvalue weighted by Gasteiger charge is 2.09. The van der Waals surface area contributed by atoms with Crippen LogP contribution in [0.3, 0.4) is 0 Å². The summed E-state index contributed by atoms with van der Waals surface area (Å²) >= 11 is 0. The maximum atomic E-state index is 11.8. The molecule has 0 aliphatic carbocycles. The molecule has 0 saturated carbocycles. The Bertz CT molecular complexity index is 537. The van der Waals surface area contributed by atoms with Crippen LogP contribution in [0.2, 0.25) is 0 Å². The lowest BCUT2D eigenvalue weighted by Gasteiger charge is -2.15. The van der Waals surface area contributed by atoms with E-state index in [-0.39, 0.29) is 24.8 Å². The van der Waals surface area contributed by atoms with Crippen LogP contribution < -0.4 is 5.32 Å². The molecule has 0 aliphatic heterocycles. The normalized spacial score (nSPS) is 10.0. The Kier molecular flexibility index (Phi) is 6.92. The molecular formula is C15H19N3O3. The maximum Gasteiger partial charge on any atom is 0.307 e. The summed E-state index contributed by atoms with van der Waals surface area (Å²) in [6.07, 6.45) is 0.252.